The van der Waals surface area contributed by atoms with Crippen molar-refractivity contribution >= 4 is 5.97 Å². The standard InChI is InChI=1S/C14H23N3O3/c1-9(6-7-16(4)5)17-11(3)12(8-13(18)19)10(2)15-14(17)20/h9H,6-8H2,1-5H3,(H,18,19). The predicted molar refractivity (Wildman–Crippen MR) is 77.2 cm³/mol. The second kappa shape index (κ2) is 6.65. The van der Waals surface area contributed by atoms with Crippen molar-refractivity contribution in [1.29, 1.82) is 0 Å². The van der Waals surface area contributed by atoms with Crippen molar-refractivity contribution in [3.8, 4) is 0 Å². The molecule has 0 amide bonds. The minimum Gasteiger partial charge on any atom is -0.481 e. The van der Waals surface area contributed by atoms with E-state index in [1.165, 1.54) is 0 Å². The van der Waals surface area contributed by atoms with Gasteiger partial charge in [-0.1, -0.05) is 0 Å². The van der Waals surface area contributed by atoms with Gasteiger partial charge < -0.3 is 10.0 Å². The van der Waals surface area contributed by atoms with E-state index in [2.05, 4.69) is 9.88 Å². The summed E-state index contributed by atoms with van der Waals surface area (Å²) in [5.41, 5.74) is 1.54. The Labute approximate surface area is 119 Å². The summed E-state index contributed by atoms with van der Waals surface area (Å²) in [6, 6.07) is -0.00875. The molecule has 1 aromatic rings. The average Bonchev–Trinajstić information content (AvgIpc) is 2.31. The molecular formula is C14H23N3O3. The quantitative estimate of drug-likeness (QED) is 0.842. The van der Waals surface area contributed by atoms with Crippen molar-refractivity contribution in [1.82, 2.24) is 14.5 Å². The Morgan fingerprint density at radius 1 is 1.40 bits per heavy atom. The van der Waals surface area contributed by atoms with Crippen LogP contribution in [0.1, 0.15) is 36.3 Å². The lowest BCUT2D eigenvalue weighted by Gasteiger charge is -2.21. The van der Waals surface area contributed by atoms with Gasteiger partial charge in [-0.2, -0.15) is 4.98 Å². The normalized spacial score (nSPS) is 12.7. The van der Waals surface area contributed by atoms with E-state index in [9.17, 15) is 9.59 Å². The molecule has 0 fully saturated rings. The van der Waals surface area contributed by atoms with Crippen LogP contribution in [0.2, 0.25) is 0 Å². The monoisotopic (exact) mass is 281 g/mol. The summed E-state index contributed by atoms with van der Waals surface area (Å²) < 4.78 is 1.61. The van der Waals surface area contributed by atoms with Crippen LogP contribution in [0.5, 0.6) is 0 Å². The van der Waals surface area contributed by atoms with Crippen LogP contribution in [0.4, 0.5) is 0 Å². The molecule has 1 unspecified atom stereocenters. The SMILES string of the molecule is Cc1nc(=O)n(C(C)CCN(C)C)c(C)c1CC(=O)O. The van der Waals surface area contributed by atoms with Gasteiger partial charge in [-0.3, -0.25) is 9.36 Å². The Bertz CT molecular complexity index is 549. The minimum atomic E-state index is -0.913. The van der Waals surface area contributed by atoms with Crippen LogP contribution in [0.25, 0.3) is 0 Å². The van der Waals surface area contributed by atoms with E-state index >= 15 is 0 Å². The summed E-state index contributed by atoms with van der Waals surface area (Å²) in [6.07, 6.45) is 0.705. The molecule has 112 valence electrons. The first-order valence-corrected chi connectivity index (χ1v) is 6.69. The van der Waals surface area contributed by atoms with Crippen LogP contribution in [-0.2, 0) is 11.2 Å². The van der Waals surface area contributed by atoms with Crippen molar-refractivity contribution in [2.45, 2.75) is 39.7 Å². The molecule has 6 heteroatoms. The van der Waals surface area contributed by atoms with E-state index < -0.39 is 5.97 Å². The highest BCUT2D eigenvalue weighted by Gasteiger charge is 2.17. The Balaban J connectivity index is 3.19. The molecule has 20 heavy (non-hydrogen) atoms. The number of carbonyl (C=O) groups is 1. The van der Waals surface area contributed by atoms with Gasteiger partial charge in [-0.15, -0.1) is 0 Å². The number of aryl methyl sites for hydroxylation is 1. The summed E-state index contributed by atoms with van der Waals surface area (Å²) in [7, 11) is 3.96. The maximum Gasteiger partial charge on any atom is 0.348 e. The first-order chi connectivity index (χ1) is 9.23. The van der Waals surface area contributed by atoms with Crippen LogP contribution in [0, 0.1) is 13.8 Å². The van der Waals surface area contributed by atoms with Gasteiger partial charge >= 0.3 is 11.7 Å². The first kappa shape index (κ1) is 16.4. The van der Waals surface area contributed by atoms with E-state index in [0.717, 1.165) is 13.0 Å². The number of aromatic nitrogens is 2. The van der Waals surface area contributed by atoms with Crippen LogP contribution >= 0.6 is 0 Å². The Morgan fingerprint density at radius 2 is 2.00 bits per heavy atom. The zero-order chi connectivity index (χ0) is 15.4. The third-order valence-electron chi connectivity index (χ3n) is 3.47. The molecule has 1 atom stereocenters. The smallest absolute Gasteiger partial charge is 0.348 e. The molecule has 1 rings (SSSR count). The van der Waals surface area contributed by atoms with Crippen molar-refractivity contribution in [2.24, 2.45) is 0 Å². The van der Waals surface area contributed by atoms with Crippen molar-refractivity contribution < 1.29 is 9.90 Å². The highest BCUT2D eigenvalue weighted by atomic mass is 16.4. The van der Waals surface area contributed by atoms with Gasteiger partial charge in [-0.25, -0.2) is 4.79 Å². The van der Waals surface area contributed by atoms with Crippen molar-refractivity contribution in [3.05, 3.63) is 27.4 Å². The second-order valence-corrected chi connectivity index (χ2v) is 5.43. The molecule has 0 aliphatic rings. The zero-order valence-corrected chi connectivity index (χ0v) is 12.8. The average molecular weight is 281 g/mol. The molecule has 0 saturated carbocycles. The predicted octanol–water partition coefficient (Wildman–Crippen LogP) is 1.000. The Kier molecular flexibility index (Phi) is 5.44. The summed E-state index contributed by atoms with van der Waals surface area (Å²) in [6.45, 7) is 6.29. The van der Waals surface area contributed by atoms with E-state index in [-0.39, 0.29) is 18.2 Å². The second-order valence-electron chi connectivity index (χ2n) is 5.43. The molecule has 0 aliphatic carbocycles. The van der Waals surface area contributed by atoms with E-state index in [0.29, 0.717) is 17.0 Å². The third kappa shape index (κ3) is 3.90. The Hall–Kier alpha value is -1.69. The maximum atomic E-state index is 12.1. The van der Waals surface area contributed by atoms with E-state index in [1.54, 1.807) is 18.4 Å². The molecule has 1 aromatic heterocycles. The molecule has 0 saturated heterocycles. The lowest BCUT2D eigenvalue weighted by molar-refractivity contribution is -0.136. The molecule has 0 aliphatic heterocycles. The molecule has 1 N–H and O–H groups in total. The van der Waals surface area contributed by atoms with Crippen molar-refractivity contribution in [2.75, 3.05) is 20.6 Å². The van der Waals surface area contributed by atoms with Gasteiger partial charge in [0.05, 0.1) is 6.42 Å². The highest BCUT2D eigenvalue weighted by molar-refractivity contribution is 5.70. The molecular weight excluding hydrogens is 258 g/mol. The first-order valence-electron chi connectivity index (χ1n) is 6.69. The molecule has 0 aromatic carbocycles. The number of carboxylic acid groups (broad SMARTS) is 1. The van der Waals surface area contributed by atoms with Crippen LogP contribution < -0.4 is 5.69 Å². The number of aliphatic carboxylic acids is 1. The summed E-state index contributed by atoms with van der Waals surface area (Å²) in [4.78, 5) is 29.0. The van der Waals surface area contributed by atoms with Gasteiger partial charge in [0.2, 0.25) is 0 Å². The molecule has 0 radical (unpaired) electrons. The van der Waals surface area contributed by atoms with Crippen LogP contribution in [0.3, 0.4) is 0 Å². The van der Waals surface area contributed by atoms with Gasteiger partial charge in [0.1, 0.15) is 0 Å². The molecule has 1 heterocycles. The number of carboxylic acids is 1. The minimum absolute atomic E-state index is 0.00875. The fourth-order valence-corrected chi connectivity index (χ4v) is 2.32. The van der Waals surface area contributed by atoms with Gasteiger partial charge in [0, 0.05) is 23.0 Å². The van der Waals surface area contributed by atoms with Gasteiger partial charge in [-0.05, 0) is 47.8 Å². The summed E-state index contributed by atoms with van der Waals surface area (Å²) >= 11 is 0. The van der Waals surface area contributed by atoms with Gasteiger partial charge in [0.25, 0.3) is 0 Å². The third-order valence-corrected chi connectivity index (χ3v) is 3.47. The lowest BCUT2D eigenvalue weighted by Crippen LogP contribution is -2.32. The molecule has 0 bridgehead atoms. The lowest BCUT2D eigenvalue weighted by atomic mass is 10.1. The number of rotatable bonds is 6. The van der Waals surface area contributed by atoms with E-state index in [4.69, 9.17) is 5.11 Å². The summed E-state index contributed by atoms with van der Waals surface area (Å²) in [5.74, 6) is -0.913. The summed E-state index contributed by atoms with van der Waals surface area (Å²) in [5, 5.41) is 8.97. The molecule has 0 spiro atoms. The highest BCUT2D eigenvalue weighted by Crippen LogP contribution is 2.16. The fourth-order valence-electron chi connectivity index (χ4n) is 2.32. The number of hydrogen-bond donors (Lipinski definition) is 1. The fraction of sp³-hybridized carbons (Fsp3) is 0.643. The van der Waals surface area contributed by atoms with Crippen LogP contribution in [-0.4, -0.2) is 46.2 Å². The number of hydrogen-bond acceptors (Lipinski definition) is 4. The van der Waals surface area contributed by atoms with Crippen LogP contribution in [0.15, 0.2) is 4.79 Å². The maximum absolute atomic E-state index is 12.1. The largest absolute Gasteiger partial charge is 0.481 e. The van der Waals surface area contributed by atoms with Crippen molar-refractivity contribution in [3.63, 3.8) is 0 Å². The number of nitrogens with zero attached hydrogens (tertiary/aromatic N) is 3. The Morgan fingerprint density at radius 3 is 2.50 bits per heavy atom. The molecule has 6 nitrogen and oxygen atoms in total. The van der Waals surface area contributed by atoms with Gasteiger partial charge in [0.15, 0.2) is 0 Å². The topological polar surface area (TPSA) is 75.4 Å². The zero-order valence-electron chi connectivity index (χ0n) is 12.8. The van der Waals surface area contributed by atoms with E-state index in [1.807, 2.05) is 21.0 Å².